The Morgan fingerprint density at radius 2 is 0.964 bits per heavy atom. The predicted molar refractivity (Wildman–Crippen MR) is 236 cm³/mol. The van der Waals surface area contributed by atoms with Crippen molar-refractivity contribution >= 4 is 23.3 Å². The van der Waals surface area contributed by atoms with Crippen LogP contribution in [0.15, 0.2) is 66.7 Å². The second-order valence-electron chi connectivity index (χ2n) is 16.0. The third-order valence-electron chi connectivity index (χ3n) is 9.94. The first kappa shape index (κ1) is 46.3. The van der Waals surface area contributed by atoms with E-state index in [1.165, 1.54) is 77.0 Å². The number of esters is 1. The Hall–Kier alpha value is -3.08. The number of unbranched alkanes of at least 4 members (excludes halogenated alkanes) is 15. The van der Waals surface area contributed by atoms with Crippen LogP contribution in [0.1, 0.15) is 140 Å². The first-order chi connectivity index (χ1) is 26.7. The van der Waals surface area contributed by atoms with E-state index in [9.17, 15) is 4.79 Å². The molecule has 0 N–H and O–H groups in total. The third-order valence-corrected chi connectivity index (χ3v) is 15.9. The maximum atomic E-state index is 13.5. The van der Waals surface area contributed by atoms with Gasteiger partial charge >= 0.3 is 5.97 Å². The van der Waals surface area contributed by atoms with Crippen LogP contribution >= 0.6 is 0 Å². The van der Waals surface area contributed by atoms with Crippen molar-refractivity contribution in [1.29, 1.82) is 0 Å². The van der Waals surface area contributed by atoms with Crippen LogP contribution in [0.3, 0.4) is 0 Å². The van der Waals surface area contributed by atoms with Crippen LogP contribution in [0.5, 0.6) is 23.0 Å². The van der Waals surface area contributed by atoms with Gasteiger partial charge in [-0.3, -0.25) is 0 Å². The molecule has 6 nitrogen and oxygen atoms in total. The molecule has 0 spiro atoms. The van der Waals surface area contributed by atoms with Crippen molar-refractivity contribution in [2.24, 2.45) is 0 Å². The minimum Gasteiger partial charge on any atom is -0.494 e. The Morgan fingerprint density at radius 3 is 1.49 bits per heavy atom. The zero-order chi connectivity index (χ0) is 39.6. The van der Waals surface area contributed by atoms with E-state index in [4.69, 9.17) is 23.1 Å². The summed E-state index contributed by atoms with van der Waals surface area (Å²) in [7, 11) is -2.60. The van der Waals surface area contributed by atoms with Gasteiger partial charge in [0.05, 0.1) is 19.8 Å². The fourth-order valence-electron chi connectivity index (χ4n) is 6.89. The SMILES string of the molecule is CCCCCCCCCCCOc1ccc(-c2ccc(OC(=O)c3ccc(OCCCCCCCC)cc3OCCCCC[Si](C)(C)O[SiH](C)C)cc2)cc1. The number of carbonyl (C=O) groups excluding carboxylic acids is 1. The molecule has 3 aromatic rings. The second kappa shape index (κ2) is 27.5. The number of hydrogen-bond acceptors (Lipinski definition) is 6. The quantitative estimate of drug-likeness (QED) is 0.0280. The van der Waals surface area contributed by atoms with E-state index >= 15 is 0 Å². The van der Waals surface area contributed by atoms with Crippen molar-refractivity contribution in [3.05, 3.63) is 72.3 Å². The average Bonchev–Trinajstić information content (AvgIpc) is 3.16. The molecule has 8 heteroatoms. The molecule has 0 aliphatic rings. The summed E-state index contributed by atoms with van der Waals surface area (Å²) >= 11 is 0. The van der Waals surface area contributed by atoms with E-state index in [0.29, 0.717) is 36.0 Å². The summed E-state index contributed by atoms with van der Waals surface area (Å²) in [4.78, 5) is 13.5. The molecule has 3 rings (SSSR count). The van der Waals surface area contributed by atoms with E-state index in [2.05, 4.69) is 52.2 Å². The van der Waals surface area contributed by atoms with Crippen LogP contribution in [0.25, 0.3) is 11.1 Å². The van der Waals surface area contributed by atoms with E-state index in [-0.39, 0.29) is 0 Å². The van der Waals surface area contributed by atoms with Crippen molar-refractivity contribution in [3.8, 4) is 34.1 Å². The summed E-state index contributed by atoms with van der Waals surface area (Å²) in [5.41, 5.74) is 2.53. The molecule has 0 unspecified atom stereocenters. The van der Waals surface area contributed by atoms with Gasteiger partial charge < -0.3 is 23.1 Å². The summed E-state index contributed by atoms with van der Waals surface area (Å²) in [6, 6.07) is 22.5. The molecule has 0 radical (unpaired) electrons. The lowest BCUT2D eigenvalue weighted by molar-refractivity contribution is 0.0730. The van der Waals surface area contributed by atoms with Gasteiger partial charge in [0.1, 0.15) is 28.6 Å². The topological polar surface area (TPSA) is 63.2 Å². The first-order valence-corrected chi connectivity index (χ1v) is 27.7. The molecule has 0 aliphatic carbocycles. The molecule has 0 atom stereocenters. The molecule has 0 aliphatic heterocycles. The highest BCUT2D eigenvalue weighted by molar-refractivity contribution is 6.77. The van der Waals surface area contributed by atoms with Crippen molar-refractivity contribution in [1.82, 2.24) is 0 Å². The Kier molecular flexibility index (Phi) is 23.2. The average molecular weight is 791 g/mol. The Labute approximate surface area is 337 Å². The molecule has 0 amide bonds. The molecular formula is C47H74O6Si2. The van der Waals surface area contributed by atoms with Gasteiger partial charge in [0.25, 0.3) is 0 Å². The van der Waals surface area contributed by atoms with Crippen LogP contribution in [0, 0.1) is 0 Å². The van der Waals surface area contributed by atoms with E-state index < -0.39 is 23.3 Å². The van der Waals surface area contributed by atoms with Crippen LogP contribution < -0.4 is 18.9 Å². The van der Waals surface area contributed by atoms with E-state index in [0.717, 1.165) is 68.1 Å². The zero-order valence-electron chi connectivity index (χ0n) is 35.4. The molecule has 0 saturated carbocycles. The van der Waals surface area contributed by atoms with Gasteiger partial charge in [0.2, 0.25) is 0 Å². The van der Waals surface area contributed by atoms with Crippen molar-refractivity contribution in [2.75, 3.05) is 19.8 Å². The Balaban J connectivity index is 1.51. The number of benzene rings is 3. The summed E-state index contributed by atoms with van der Waals surface area (Å²) in [6.45, 7) is 15.6. The first-order valence-electron chi connectivity index (χ1n) is 21.8. The normalized spacial score (nSPS) is 11.5. The molecule has 0 heterocycles. The van der Waals surface area contributed by atoms with E-state index in [1.54, 1.807) is 6.07 Å². The van der Waals surface area contributed by atoms with Crippen molar-refractivity contribution in [3.63, 3.8) is 0 Å². The van der Waals surface area contributed by atoms with Crippen LogP contribution in [-0.2, 0) is 4.12 Å². The third kappa shape index (κ3) is 20.1. The summed E-state index contributed by atoms with van der Waals surface area (Å²) < 4.78 is 30.5. The summed E-state index contributed by atoms with van der Waals surface area (Å²) in [5.74, 6) is 2.16. The highest BCUT2D eigenvalue weighted by Crippen LogP contribution is 2.29. The van der Waals surface area contributed by atoms with Gasteiger partial charge in [0.15, 0.2) is 17.4 Å². The van der Waals surface area contributed by atoms with Crippen molar-refractivity contribution < 1.29 is 27.9 Å². The molecule has 306 valence electrons. The number of ether oxygens (including phenoxy) is 4. The molecule has 0 aromatic heterocycles. The number of hydrogen-bond donors (Lipinski definition) is 0. The summed E-state index contributed by atoms with van der Waals surface area (Å²) in [5, 5.41) is 0. The van der Waals surface area contributed by atoms with Gasteiger partial charge in [-0.1, -0.05) is 134 Å². The maximum absolute atomic E-state index is 13.5. The standard InChI is InChI=1S/C47H74O6Si2/c1-7-9-11-13-15-16-17-19-21-35-49-42-29-25-40(26-30-42)41-27-31-43(32-28-41)52-47(48)45-34-33-44(50-36-22-18-14-12-10-8-2)39-46(45)51-37-23-20-24-38-55(5,6)53-54(3)4/h25-34,39,54H,7-24,35-38H2,1-6H3. The second-order valence-corrected chi connectivity index (χ2v) is 23.0. The highest BCUT2D eigenvalue weighted by Gasteiger charge is 2.23. The fourth-order valence-corrected chi connectivity index (χ4v) is 13.6. The van der Waals surface area contributed by atoms with Crippen LogP contribution in [0.4, 0.5) is 0 Å². The van der Waals surface area contributed by atoms with Crippen molar-refractivity contribution in [2.45, 2.75) is 162 Å². The predicted octanol–water partition coefficient (Wildman–Crippen LogP) is 14.0. The van der Waals surface area contributed by atoms with E-state index in [1.807, 2.05) is 48.5 Å². The lowest BCUT2D eigenvalue weighted by Gasteiger charge is -2.25. The summed E-state index contributed by atoms with van der Waals surface area (Å²) in [6.07, 6.45) is 22.1. The Bertz CT molecular complexity index is 1440. The molecule has 0 saturated heterocycles. The molecular weight excluding hydrogens is 717 g/mol. The maximum Gasteiger partial charge on any atom is 0.347 e. The molecule has 0 bridgehead atoms. The van der Waals surface area contributed by atoms with Crippen LogP contribution in [0.2, 0.25) is 32.2 Å². The molecule has 55 heavy (non-hydrogen) atoms. The van der Waals surface area contributed by atoms with Gasteiger partial charge in [-0.05, 0) is 99.0 Å². The lowest BCUT2D eigenvalue weighted by atomic mass is 10.1. The largest absolute Gasteiger partial charge is 0.494 e. The van der Waals surface area contributed by atoms with Gasteiger partial charge in [-0.2, -0.15) is 0 Å². The minimum atomic E-state index is -1.59. The van der Waals surface area contributed by atoms with Gasteiger partial charge in [0, 0.05) is 6.07 Å². The monoisotopic (exact) mass is 791 g/mol. The molecule has 0 fully saturated rings. The highest BCUT2D eigenvalue weighted by atomic mass is 28.4. The fraction of sp³-hybridized carbons (Fsp3) is 0.596. The van der Waals surface area contributed by atoms with Gasteiger partial charge in [-0.15, -0.1) is 0 Å². The minimum absolute atomic E-state index is 0.401. The van der Waals surface area contributed by atoms with Gasteiger partial charge in [-0.25, -0.2) is 4.79 Å². The Morgan fingerprint density at radius 1 is 0.527 bits per heavy atom. The van der Waals surface area contributed by atoms with Crippen LogP contribution in [-0.4, -0.2) is 43.1 Å². The lowest BCUT2D eigenvalue weighted by Crippen LogP contribution is -2.34. The smallest absolute Gasteiger partial charge is 0.347 e. The number of carbonyl (C=O) groups is 1. The molecule has 3 aromatic carbocycles. The number of rotatable bonds is 31. The zero-order valence-corrected chi connectivity index (χ0v) is 37.6.